The van der Waals surface area contributed by atoms with Gasteiger partial charge in [0.1, 0.15) is 5.60 Å². The molecule has 0 unspecified atom stereocenters. The lowest BCUT2D eigenvalue weighted by Crippen LogP contribution is -2.35. The SMILES string of the molecule is CC(C)(C)OC(=O)N[C@H]1C[C@]1(F)c1ccccc1Br. The number of nitrogens with one attached hydrogen (secondary N) is 1. The number of rotatable bonds is 2. The van der Waals surface area contributed by atoms with Crippen molar-refractivity contribution >= 4 is 22.0 Å². The van der Waals surface area contributed by atoms with Crippen molar-refractivity contribution in [1.82, 2.24) is 5.32 Å². The van der Waals surface area contributed by atoms with Gasteiger partial charge in [0.25, 0.3) is 0 Å². The van der Waals surface area contributed by atoms with Crippen LogP contribution in [0.25, 0.3) is 0 Å². The van der Waals surface area contributed by atoms with Gasteiger partial charge < -0.3 is 10.1 Å². The van der Waals surface area contributed by atoms with Crippen molar-refractivity contribution in [2.45, 2.75) is 44.5 Å². The molecule has 0 heterocycles. The summed E-state index contributed by atoms with van der Waals surface area (Å²) in [6.45, 7) is 5.32. The highest BCUT2D eigenvalue weighted by Gasteiger charge is 2.58. The van der Waals surface area contributed by atoms with E-state index in [9.17, 15) is 9.18 Å². The van der Waals surface area contributed by atoms with Gasteiger partial charge in [0.15, 0.2) is 5.67 Å². The molecule has 1 N–H and O–H groups in total. The van der Waals surface area contributed by atoms with Crippen molar-refractivity contribution in [3.63, 3.8) is 0 Å². The van der Waals surface area contributed by atoms with Gasteiger partial charge in [-0.3, -0.25) is 0 Å². The zero-order valence-corrected chi connectivity index (χ0v) is 12.8. The van der Waals surface area contributed by atoms with Gasteiger partial charge in [-0.25, -0.2) is 9.18 Å². The molecule has 1 amide bonds. The van der Waals surface area contributed by atoms with Crippen LogP contribution in [0.15, 0.2) is 28.7 Å². The summed E-state index contributed by atoms with van der Waals surface area (Å²) in [6.07, 6.45) is -0.307. The fourth-order valence-corrected chi connectivity index (χ4v) is 2.56. The average Bonchev–Trinajstić information content (AvgIpc) is 2.87. The molecule has 1 fully saturated rings. The molecule has 104 valence electrons. The quantitative estimate of drug-likeness (QED) is 0.893. The van der Waals surface area contributed by atoms with Crippen LogP contribution in [0.2, 0.25) is 0 Å². The Morgan fingerprint density at radius 1 is 1.47 bits per heavy atom. The predicted octanol–water partition coefficient (Wildman–Crippen LogP) is 3.91. The second-order valence-electron chi connectivity index (χ2n) is 5.75. The minimum absolute atomic E-state index is 0.273. The first kappa shape index (κ1) is 14.3. The van der Waals surface area contributed by atoms with Crippen LogP contribution in [0.4, 0.5) is 9.18 Å². The summed E-state index contributed by atoms with van der Waals surface area (Å²) in [6, 6.07) is 6.60. The van der Waals surface area contributed by atoms with Crippen LogP contribution in [0.1, 0.15) is 32.8 Å². The first-order chi connectivity index (χ1) is 8.72. The highest BCUT2D eigenvalue weighted by Crippen LogP contribution is 2.51. The van der Waals surface area contributed by atoms with Gasteiger partial charge in [-0.05, 0) is 26.8 Å². The van der Waals surface area contributed by atoms with Gasteiger partial charge in [-0.1, -0.05) is 34.1 Å². The number of alkyl halides is 1. The highest BCUT2D eigenvalue weighted by atomic mass is 79.9. The largest absolute Gasteiger partial charge is 0.444 e. The summed E-state index contributed by atoms with van der Waals surface area (Å²) in [5.74, 6) is 0. The molecule has 0 aliphatic heterocycles. The number of carbonyl (C=O) groups is 1. The van der Waals surface area contributed by atoms with E-state index in [1.807, 2.05) is 6.07 Å². The van der Waals surface area contributed by atoms with E-state index in [0.29, 0.717) is 10.0 Å². The average molecular weight is 330 g/mol. The summed E-state index contributed by atoms with van der Waals surface area (Å²) in [7, 11) is 0. The predicted molar refractivity (Wildman–Crippen MR) is 74.7 cm³/mol. The Labute approximate surface area is 120 Å². The van der Waals surface area contributed by atoms with Gasteiger partial charge >= 0.3 is 6.09 Å². The maximum Gasteiger partial charge on any atom is 0.407 e. The van der Waals surface area contributed by atoms with Crippen LogP contribution in [0.3, 0.4) is 0 Å². The maximum absolute atomic E-state index is 14.7. The van der Waals surface area contributed by atoms with Crippen LogP contribution in [0.5, 0.6) is 0 Å². The zero-order chi connectivity index (χ0) is 14.3. The fourth-order valence-electron chi connectivity index (χ4n) is 1.95. The number of amides is 1. The molecule has 2 rings (SSSR count). The molecule has 0 saturated heterocycles. The third-order valence-electron chi connectivity index (χ3n) is 2.91. The van der Waals surface area contributed by atoms with E-state index in [-0.39, 0.29) is 6.42 Å². The molecule has 3 nitrogen and oxygen atoms in total. The Morgan fingerprint density at radius 2 is 2.11 bits per heavy atom. The van der Waals surface area contributed by atoms with Crippen molar-refractivity contribution in [3.8, 4) is 0 Å². The third kappa shape index (κ3) is 3.26. The molecule has 0 aromatic heterocycles. The first-order valence-corrected chi connectivity index (χ1v) is 6.95. The monoisotopic (exact) mass is 329 g/mol. The van der Waals surface area contributed by atoms with Crippen LogP contribution in [0, 0.1) is 0 Å². The summed E-state index contributed by atoms with van der Waals surface area (Å²) in [5.41, 5.74) is -1.52. The van der Waals surface area contributed by atoms with Crippen LogP contribution < -0.4 is 5.32 Å². The molecule has 1 aromatic rings. The van der Waals surface area contributed by atoms with Gasteiger partial charge in [0, 0.05) is 16.5 Å². The summed E-state index contributed by atoms with van der Waals surface area (Å²) < 4.78 is 20.5. The Kier molecular flexibility index (Phi) is 3.60. The van der Waals surface area contributed by atoms with Gasteiger partial charge in [0.05, 0.1) is 6.04 Å². The smallest absolute Gasteiger partial charge is 0.407 e. The topological polar surface area (TPSA) is 38.3 Å². The molecule has 19 heavy (non-hydrogen) atoms. The second-order valence-corrected chi connectivity index (χ2v) is 6.60. The van der Waals surface area contributed by atoms with Crippen molar-refractivity contribution in [2.24, 2.45) is 0 Å². The van der Waals surface area contributed by atoms with Gasteiger partial charge in [-0.15, -0.1) is 0 Å². The van der Waals surface area contributed by atoms with Crippen LogP contribution >= 0.6 is 15.9 Å². The molecule has 2 atom stereocenters. The number of hydrogen-bond donors (Lipinski definition) is 1. The molecular formula is C14H17BrFNO2. The number of carbonyl (C=O) groups excluding carboxylic acids is 1. The fraction of sp³-hybridized carbons (Fsp3) is 0.500. The Balaban J connectivity index is 2.00. The van der Waals surface area contributed by atoms with E-state index in [0.717, 1.165) is 0 Å². The highest BCUT2D eigenvalue weighted by molar-refractivity contribution is 9.10. The molecule has 5 heteroatoms. The van der Waals surface area contributed by atoms with E-state index >= 15 is 0 Å². The van der Waals surface area contributed by atoms with Crippen molar-refractivity contribution in [3.05, 3.63) is 34.3 Å². The molecule has 1 aliphatic carbocycles. The molecule has 1 aromatic carbocycles. The van der Waals surface area contributed by atoms with Crippen molar-refractivity contribution in [1.29, 1.82) is 0 Å². The number of halogens is 2. The minimum atomic E-state index is -1.50. The first-order valence-electron chi connectivity index (χ1n) is 6.16. The third-order valence-corrected chi connectivity index (χ3v) is 3.60. The second kappa shape index (κ2) is 4.78. The van der Waals surface area contributed by atoms with Gasteiger partial charge in [0.2, 0.25) is 0 Å². The lowest BCUT2D eigenvalue weighted by Gasteiger charge is -2.20. The number of benzene rings is 1. The van der Waals surface area contributed by atoms with Gasteiger partial charge in [-0.2, -0.15) is 0 Å². The van der Waals surface area contributed by atoms with E-state index in [2.05, 4.69) is 21.2 Å². The minimum Gasteiger partial charge on any atom is -0.444 e. The Morgan fingerprint density at radius 3 is 2.68 bits per heavy atom. The van der Waals surface area contributed by atoms with Crippen molar-refractivity contribution < 1.29 is 13.9 Å². The Bertz CT molecular complexity index is 500. The van der Waals surface area contributed by atoms with Crippen molar-refractivity contribution in [2.75, 3.05) is 0 Å². The summed E-state index contributed by atoms with van der Waals surface area (Å²) in [5, 5.41) is 2.57. The van der Waals surface area contributed by atoms with E-state index in [1.54, 1.807) is 39.0 Å². The molecule has 0 bridgehead atoms. The van der Waals surface area contributed by atoms with E-state index in [4.69, 9.17) is 4.74 Å². The molecule has 1 aliphatic rings. The van der Waals surface area contributed by atoms with Crippen LogP contribution in [-0.2, 0) is 10.4 Å². The van der Waals surface area contributed by atoms with Crippen LogP contribution in [-0.4, -0.2) is 17.7 Å². The maximum atomic E-state index is 14.7. The summed E-state index contributed by atoms with van der Waals surface area (Å²) in [4.78, 5) is 11.6. The molecular weight excluding hydrogens is 313 g/mol. The Hall–Kier alpha value is -1.10. The lowest BCUT2D eigenvalue weighted by molar-refractivity contribution is 0.0511. The number of alkyl carbamates (subject to hydrolysis) is 1. The molecule has 1 saturated carbocycles. The number of hydrogen-bond acceptors (Lipinski definition) is 2. The standard InChI is InChI=1S/C14H17BrFNO2/c1-13(2,3)19-12(18)17-11-8-14(11,16)9-6-4-5-7-10(9)15/h4-7,11H,8H2,1-3H3,(H,17,18)/t11-,14-/m0/s1. The lowest BCUT2D eigenvalue weighted by atomic mass is 10.1. The molecule has 0 radical (unpaired) electrons. The van der Waals surface area contributed by atoms with E-state index < -0.39 is 23.4 Å². The zero-order valence-electron chi connectivity index (χ0n) is 11.2. The summed E-state index contributed by atoms with van der Waals surface area (Å²) >= 11 is 3.33. The van der Waals surface area contributed by atoms with E-state index in [1.165, 1.54) is 0 Å². The number of ether oxygens (including phenoxy) is 1. The molecule has 0 spiro atoms. The normalized spacial score (nSPS) is 25.8.